The second-order valence-corrected chi connectivity index (χ2v) is 9.69. The maximum Gasteiger partial charge on any atom is 0.308 e. The largest absolute Gasteiger partial charge is 0.504 e. The number of anilines is 2. The summed E-state index contributed by atoms with van der Waals surface area (Å²) in [7, 11) is 0. The molecule has 0 aromatic heterocycles. The molecule has 2 saturated heterocycles. The zero-order valence-electron chi connectivity index (χ0n) is 20.2. The predicted octanol–water partition coefficient (Wildman–Crippen LogP) is 2.19. The van der Waals surface area contributed by atoms with E-state index in [9.17, 15) is 29.4 Å². The van der Waals surface area contributed by atoms with Crippen molar-refractivity contribution in [3.05, 3.63) is 77.9 Å². The van der Waals surface area contributed by atoms with E-state index >= 15 is 0 Å². The summed E-state index contributed by atoms with van der Waals surface area (Å²) in [5.74, 6) is -4.12. The highest BCUT2D eigenvalue weighted by atomic mass is 16.5. The average Bonchev–Trinajstić information content (AvgIpc) is 3.46. The summed E-state index contributed by atoms with van der Waals surface area (Å²) >= 11 is 0. The highest BCUT2D eigenvalue weighted by molar-refractivity contribution is 6.25. The number of nitrogens with zero attached hydrogens (tertiary/aromatic N) is 1. The molecule has 0 saturated carbocycles. The summed E-state index contributed by atoms with van der Waals surface area (Å²) in [5, 5.41) is 25.9. The molecule has 0 bridgehead atoms. The Bertz CT molecular complexity index is 1520. The second kappa shape index (κ2) is 8.42. The van der Waals surface area contributed by atoms with E-state index in [0.29, 0.717) is 22.5 Å². The van der Waals surface area contributed by atoms with Crippen molar-refractivity contribution in [1.29, 1.82) is 0 Å². The van der Waals surface area contributed by atoms with Crippen LogP contribution in [0.15, 0.2) is 66.7 Å². The van der Waals surface area contributed by atoms with Crippen LogP contribution in [0.3, 0.4) is 0 Å². The van der Waals surface area contributed by atoms with Gasteiger partial charge in [-0.2, -0.15) is 0 Å². The topological polar surface area (TPSA) is 145 Å². The van der Waals surface area contributed by atoms with Crippen molar-refractivity contribution in [3.63, 3.8) is 0 Å². The van der Waals surface area contributed by atoms with Gasteiger partial charge in [-0.1, -0.05) is 24.3 Å². The number of hydrogen-bond donors (Lipinski definition) is 4. The lowest BCUT2D eigenvalue weighted by molar-refractivity contribution is -0.132. The normalized spacial score (nSPS) is 25.4. The number of carbonyl (C=O) groups is 4. The maximum atomic E-state index is 14.0. The average molecular weight is 514 g/mol. The molecule has 10 heteroatoms. The summed E-state index contributed by atoms with van der Waals surface area (Å²) in [6, 6.07) is 16.8. The SMILES string of the molecule is CC(=O)Oc1ccc(N2C(=O)C3C(Cc4ccc(O)c(O)c4)NC4(C(=O)Nc5ccccc54)C3C2=O)cc1. The van der Waals surface area contributed by atoms with Crippen LogP contribution in [0.2, 0.25) is 0 Å². The molecular weight excluding hydrogens is 490 g/mol. The molecule has 2 fully saturated rings. The third-order valence-electron chi connectivity index (χ3n) is 7.47. The number of carbonyl (C=O) groups excluding carboxylic acids is 4. The van der Waals surface area contributed by atoms with Crippen LogP contribution >= 0.6 is 0 Å². The van der Waals surface area contributed by atoms with Crippen LogP contribution in [0.5, 0.6) is 17.2 Å². The summed E-state index contributed by atoms with van der Waals surface area (Å²) in [6.07, 6.45) is 0.213. The number of ether oxygens (including phenoxy) is 1. The monoisotopic (exact) mass is 513 g/mol. The van der Waals surface area contributed by atoms with Gasteiger partial charge in [0.1, 0.15) is 11.3 Å². The van der Waals surface area contributed by atoms with Crippen LogP contribution in [0.4, 0.5) is 11.4 Å². The molecule has 10 nitrogen and oxygen atoms in total. The van der Waals surface area contributed by atoms with Crippen LogP contribution in [0.1, 0.15) is 18.1 Å². The predicted molar refractivity (Wildman–Crippen MR) is 134 cm³/mol. The highest BCUT2D eigenvalue weighted by Crippen LogP contribution is 2.54. The van der Waals surface area contributed by atoms with Gasteiger partial charge < -0.3 is 20.3 Å². The quantitative estimate of drug-likeness (QED) is 0.180. The standard InChI is InChI=1S/C28H23N3O7/c1-14(32)38-17-9-7-16(8-10-17)31-25(35)23-20(12-15-6-11-21(33)22(34)13-15)30-28(24(23)26(31)36)18-4-2-3-5-19(18)29-27(28)37/h2-11,13,20,23-24,30,33-34H,12H2,1H3,(H,29,37). The fourth-order valence-corrected chi connectivity index (χ4v) is 5.97. The first kappa shape index (κ1) is 23.7. The molecule has 3 amide bonds. The van der Waals surface area contributed by atoms with E-state index in [-0.39, 0.29) is 23.7 Å². The van der Waals surface area contributed by atoms with Crippen molar-refractivity contribution in [1.82, 2.24) is 5.32 Å². The van der Waals surface area contributed by atoms with Crippen molar-refractivity contribution < 1.29 is 34.1 Å². The molecule has 0 radical (unpaired) electrons. The smallest absolute Gasteiger partial charge is 0.308 e. The Balaban J connectivity index is 1.44. The third-order valence-corrected chi connectivity index (χ3v) is 7.47. The summed E-state index contributed by atoms with van der Waals surface area (Å²) in [4.78, 5) is 53.8. The lowest BCUT2D eigenvalue weighted by Gasteiger charge is -2.29. The Morgan fingerprint density at radius 2 is 1.71 bits per heavy atom. The number of hydrogen-bond acceptors (Lipinski definition) is 8. The van der Waals surface area contributed by atoms with Crippen molar-refractivity contribution >= 4 is 35.1 Å². The van der Waals surface area contributed by atoms with E-state index in [1.54, 1.807) is 30.3 Å². The van der Waals surface area contributed by atoms with Gasteiger partial charge in [0.15, 0.2) is 11.5 Å². The number of fused-ring (bicyclic) bond motifs is 4. The summed E-state index contributed by atoms with van der Waals surface area (Å²) in [5.41, 5.74) is 0.600. The van der Waals surface area contributed by atoms with Gasteiger partial charge in [0, 0.05) is 24.2 Å². The van der Waals surface area contributed by atoms with E-state index in [4.69, 9.17) is 4.74 Å². The van der Waals surface area contributed by atoms with Crippen LogP contribution in [0.25, 0.3) is 0 Å². The van der Waals surface area contributed by atoms with Gasteiger partial charge >= 0.3 is 5.97 Å². The molecular formula is C28H23N3O7. The molecule has 0 aliphatic carbocycles. The number of nitrogens with one attached hydrogen (secondary N) is 2. The van der Waals surface area contributed by atoms with E-state index in [1.807, 2.05) is 0 Å². The Hall–Kier alpha value is -4.70. The molecule has 3 aliphatic rings. The first-order valence-corrected chi connectivity index (χ1v) is 12.1. The number of phenolic OH excluding ortho intramolecular Hbond substituents is 2. The molecule has 3 aromatic rings. The fourth-order valence-electron chi connectivity index (χ4n) is 5.97. The van der Waals surface area contributed by atoms with Gasteiger partial charge in [-0.05, 0) is 54.4 Å². The van der Waals surface area contributed by atoms with Gasteiger partial charge in [-0.25, -0.2) is 4.90 Å². The zero-order valence-corrected chi connectivity index (χ0v) is 20.2. The number of imide groups is 1. The number of para-hydroxylation sites is 1. The first-order chi connectivity index (χ1) is 18.2. The maximum absolute atomic E-state index is 14.0. The molecule has 192 valence electrons. The molecule has 3 heterocycles. The lowest BCUT2D eigenvalue weighted by Crippen LogP contribution is -2.53. The first-order valence-electron chi connectivity index (χ1n) is 12.1. The van der Waals surface area contributed by atoms with E-state index < -0.39 is 47.1 Å². The minimum atomic E-state index is -1.47. The van der Waals surface area contributed by atoms with Gasteiger partial charge in [-0.15, -0.1) is 0 Å². The minimum Gasteiger partial charge on any atom is -0.504 e. The van der Waals surface area contributed by atoms with Gasteiger partial charge in [0.05, 0.1) is 17.5 Å². The van der Waals surface area contributed by atoms with Crippen molar-refractivity contribution in [3.8, 4) is 17.2 Å². The molecule has 4 atom stereocenters. The van der Waals surface area contributed by atoms with Crippen molar-refractivity contribution in [2.45, 2.75) is 24.9 Å². The molecule has 3 aliphatic heterocycles. The van der Waals surface area contributed by atoms with Crippen LogP contribution in [0, 0.1) is 11.8 Å². The van der Waals surface area contributed by atoms with Crippen molar-refractivity contribution in [2.75, 3.05) is 10.2 Å². The zero-order chi connectivity index (χ0) is 26.8. The van der Waals surface area contributed by atoms with Crippen molar-refractivity contribution in [2.24, 2.45) is 11.8 Å². The van der Waals surface area contributed by atoms with E-state index in [2.05, 4.69) is 10.6 Å². The Morgan fingerprint density at radius 3 is 2.42 bits per heavy atom. The Kier molecular flexibility index (Phi) is 5.25. The molecule has 6 rings (SSSR count). The fraction of sp³-hybridized carbons (Fsp3) is 0.214. The Morgan fingerprint density at radius 1 is 0.974 bits per heavy atom. The van der Waals surface area contributed by atoms with Crippen LogP contribution in [-0.2, 0) is 31.1 Å². The van der Waals surface area contributed by atoms with E-state index in [1.165, 1.54) is 43.3 Å². The molecule has 38 heavy (non-hydrogen) atoms. The van der Waals surface area contributed by atoms with Gasteiger partial charge in [0.2, 0.25) is 17.7 Å². The molecule has 4 unspecified atom stereocenters. The number of phenols is 2. The second-order valence-electron chi connectivity index (χ2n) is 9.69. The van der Waals surface area contributed by atoms with E-state index in [0.717, 1.165) is 4.90 Å². The summed E-state index contributed by atoms with van der Waals surface area (Å²) < 4.78 is 5.06. The highest BCUT2D eigenvalue weighted by Gasteiger charge is 2.70. The molecule has 1 spiro atoms. The number of benzene rings is 3. The Labute approximate surface area is 216 Å². The minimum absolute atomic E-state index is 0.213. The number of amides is 3. The lowest BCUT2D eigenvalue weighted by atomic mass is 9.76. The number of aromatic hydroxyl groups is 2. The molecule has 4 N–H and O–H groups in total. The number of esters is 1. The third kappa shape index (κ3) is 3.37. The van der Waals surface area contributed by atoms with Crippen LogP contribution in [-0.4, -0.2) is 39.9 Å². The number of rotatable bonds is 4. The van der Waals surface area contributed by atoms with Crippen LogP contribution < -0.4 is 20.3 Å². The van der Waals surface area contributed by atoms with Gasteiger partial charge in [-0.3, -0.25) is 24.5 Å². The molecule has 3 aromatic carbocycles. The van der Waals surface area contributed by atoms with Gasteiger partial charge in [0.25, 0.3) is 0 Å². The summed E-state index contributed by atoms with van der Waals surface area (Å²) in [6.45, 7) is 1.27.